The molecule has 0 saturated heterocycles. The SMILES string of the molecule is NC(=S)c1ccc(Cl)cc1NS(=O)(=O)NC1CC1. The molecule has 2 rings (SSSR count). The topological polar surface area (TPSA) is 84.2 Å². The molecule has 1 saturated carbocycles. The van der Waals surface area contributed by atoms with Crippen LogP contribution in [0.15, 0.2) is 18.2 Å². The average molecular weight is 306 g/mol. The molecule has 4 N–H and O–H groups in total. The third-order valence-corrected chi connectivity index (χ3v) is 3.98. The quantitative estimate of drug-likeness (QED) is 0.718. The number of rotatable bonds is 5. The van der Waals surface area contributed by atoms with Gasteiger partial charge in [-0.25, -0.2) is 0 Å². The summed E-state index contributed by atoms with van der Waals surface area (Å²) >= 11 is 10.7. The zero-order chi connectivity index (χ0) is 13.3. The van der Waals surface area contributed by atoms with Crippen molar-refractivity contribution >= 4 is 44.7 Å². The highest BCUT2D eigenvalue weighted by Gasteiger charge is 2.27. The van der Waals surface area contributed by atoms with E-state index in [9.17, 15) is 8.42 Å². The molecule has 1 aromatic carbocycles. The lowest BCUT2D eigenvalue weighted by molar-refractivity contribution is 0.586. The summed E-state index contributed by atoms with van der Waals surface area (Å²) in [5.41, 5.74) is 6.25. The van der Waals surface area contributed by atoms with Crippen molar-refractivity contribution in [1.29, 1.82) is 0 Å². The predicted molar refractivity (Wildman–Crippen MR) is 76.0 cm³/mol. The Labute approximate surface area is 116 Å². The maximum atomic E-state index is 11.8. The van der Waals surface area contributed by atoms with E-state index in [1.54, 1.807) is 12.1 Å². The summed E-state index contributed by atoms with van der Waals surface area (Å²) in [6.07, 6.45) is 1.72. The van der Waals surface area contributed by atoms with E-state index in [0.717, 1.165) is 12.8 Å². The molecule has 0 amide bonds. The van der Waals surface area contributed by atoms with Gasteiger partial charge in [-0.15, -0.1) is 0 Å². The zero-order valence-electron chi connectivity index (χ0n) is 9.31. The second kappa shape index (κ2) is 5.00. The summed E-state index contributed by atoms with van der Waals surface area (Å²) in [6, 6.07) is 4.68. The van der Waals surface area contributed by atoms with Crippen LogP contribution in [0, 0.1) is 0 Å². The normalized spacial score (nSPS) is 15.4. The minimum Gasteiger partial charge on any atom is -0.389 e. The number of halogens is 1. The summed E-state index contributed by atoms with van der Waals surface area (Å²) in [6.45, 7) is 0. The van der Waals surface area contributed by atoms with Crippen LogP contribution in [0.3, 0.4) is 0 Å². The number of nitrogens with one attached hydrogen (secondary N) is 2. The van der Waals surface area contributed by atoms with Gasteiger partial charge in [0.25, 0.3) is 10.2 Å². The summed E-state index contributed by atoms with van der Waals surface area (Å²) in [5.74, 6) is 0. The molecule has 8 heteroatoms. The van der Waals surface area contributed by atoms with Crippen molar-refractivity contribution in [2.24, 2.45) is 5.73 Å². The highest BCUT2D eigenvalue weighted by molar-refractivity contribution is 7.90. The van der Waals surface area contributed by atoms with Crippen LogP contribution < -0.4 is 15.2 Å². The van der Waals surface area contributed by atoms with Gasteiger partial charge in [-0.3, -0.25) is 4.72 Å². The summed E-state index contributed by atoms with van der Waals surface area (Å²) in [7, 11) is -3.62. The highest BCUT2D eigenvalue weighted by atomic mass is 35.5. The van der Waals surface area contributed by atoms with E-state index in [4.69, 9.17) is 29.6 Å². The molecular formula is C10H12ClN3O2S2. The van der Waals surface area contributed by atoms with Gasteiger partial charge in [0.2, 0.25) is 0 Å². The van der Waals surface area contributed by atoms with Crippen LogP contribution >= 0.6 is 23.8 Å². The van der Waals surface area contributed by atoms with Crippen molar-refractivity contribution in [3.8, 4) is 0 Å². The summed E-state index contributed by atoms with van der Waals surface area (Å²) in [5, 5.41) is 0.402. The number of thiocarbonyl (C=S) groups is 1. The van der Waals surface area contributed by atoms with Gasteiger partial charge in [0.05, 0.1) is 5.69 Å². The van der Waals surface area contributed by atoms with Crippen LogP contribution in [0.25, 0.3) is 0 Å². The molecule has 0 aromatic heterocycles. The minimum atomic E-state index is -3.62. The number of anilines is 1. The fourth-order valence-corrected chi connectivity index (χ4v) is 2.95. The highest BCUT2D eigenvalue weighted by Crippen LogP contribution is 2.24. The van der Waals surface area contributed by atoms with Gasteiger partial charge in [0, 0.05) is 16.6 Å². The standard InChI is InChI=1S/C10H12ClN3O2S2/c11-6-1-4-8(10(12)17)9(5-6)14-18(15,16)13-7-2-3-7/h1,4-5,7,13-14H,2-3H2,(H2,12,17). The smallest absolute Gasteiger partial charge is 0.299 e. The van der Waals surface area contributed by atoms with Gasteiger partial charge in [0.15, 0.2) is 0 Å². The lowest BCUT2D eigenvalue weighted by Crippen LogP contribution is -2.32. The molecule has 1 aliphatic carbocycles. The Morgan fingerprint density at radius 1 is 1.44 bits per heavy atom. The van der Waals surface area contributed by atoms with Crippen molar-refractivity contribution in [3.05, 3.63) is 28.8 Å². The van der Waals surface area contributed by atoms with Gasteiger partial charge in [-0.05, 0) is 31.0 Å². The van der Waals surface area contributed by atoms with Crippen LogP contribution in [0.4, 0.5) is 5.69 Å². The number of benzene rings is 1. The zero-order valence-corrected chi connectivity index (χ0v) is 11.7. The van der Waals surface area contributed by atoms with Crippen LogP contribution in [-0.4, -0.2) is 19.4 Å². The van der Waals surface area contributed by atoms with Gasteiger partial charge < -0.3 is 5.73 Å². The Kier molecular flexibility index (Phi) is 3.76. The average Bonchev–Trinajstić information content (AvgIpc) is 2.99. The minimum absolute atomic E-state index is 0.0231. The first-order chi connectivity index (χ1) is 8.37. The largest absolute Gasteiger partial charge is 0.389 e. The summed E-state index contributed by atoms with van der Waals surface area (Å²) in [4.78, 5) is 0.107. The van der Waals surface area contributed by atoms with E-state index in [1.165, 1.54) is 6.07 Å². The van der Waals surface area contributed by atoms with Gasteiger partial charge in [-0.1, -0.05) is 23.8 Å². The Morgan fingerprint density at radius 2 is 2.11 bits per heavy atom. The monoisotopic (exact) mass is 305 g/mol. The molecule has 1 aromatic rings. The van der Waals surface area contributed by atoms with Crippen molar-refractivity contribution in [1.82, 2.24) is 4.72 Å². The van der Waals surface area contributed by atoms with Gasteiger partial charge in [0.1, 0.15) is 4.99 Å². The maximum Gasteiger partial charge on any atom is 0.299 e. The van der Waals surface area contributed by atoms with Crippen molar-refractivity contribution in [2.45, 2.75) is 18.9 Å². The molecule has 1 aliphatic rings. The van der Waals surface area contributed by atoms with Crippen LogP contribution in [-0.2, 0) is 10.2 Å². The Morgan fingerprint density at radius 3 is 2.67 bits per heavy atom. The van der Waals surface area contributed by atoms with E-state index in [2.05, 4.69) is 9.44 Å². The fourth-order valence-electron chi connectivity index (χ4n) is 1.41. The fraction of sp³-hybridized carbons (Fsp3) is 0.300. The molecule has 0 heterocycles. The van der Waals surface area contributed by atoms with E-state index in [0.29, 0.717) is 10.6 Å². The first-order valence-corrected chi connectivity index (χ1v) is 7.54. The number of hydrogen-bond acceptors (Lipinski definition) is 3. The van der Waals surface area contributed by atoms with Crippen molar-refractivity contribution in [3.63, 3.8) is 0 Å². The van der Waals surface area contributed by atoms with Crippen molar-refractivity contribution in [2.75, 3.05) is 4.72 Å². The van der Waals surface area contributed by atoms with E-state index in [-0.39, 0.29) is 16.7 Å². The van der Waals surface area contributed by atoms with Crippen molar-refractivity contribution < 1.29 is 8.42 Å². The molecular weight excluding hydrogens is 294 g/mol. The Balaban J connectivity index is 2.26. The maximum absolute atomic E-state index is 11.8. The van der Waals surface area contributed by atoms with Crippen LogP contribution in [0.5, 0.6) is 0 Å². The predicted octanol–water partition coefficient (Wildman–Crippen LogP) is 1.38. The molecule has 5 nitrogen and oxygen atoms in total. The second-order valence-electron chi connectivity index (χ2n) is 4.05. The molecule has 1 fully saturated rings. The van der Waals surface area contributed by atoms with E-state index >= 15 is 0 Å². The second-order valence-corrected chi connectivity index (χ2v) is 6.37. The molecule has 0 atom stereocenters. The number of hydrogen-bond donors (Lipinski definition) is 3. The molecule has 0 unspecified atom stereocenters. The molecule has 0 bridgehead atoms. The lowest BCUT2D eigenvalue weighted by Gasteiger charge is -2.12. The molecule has 98 valence electrons. The molecule has 18 heavy (non-hydrogen) atoms. The van der Waals surface area contributed by atoms with Gasteiger partial charge >= 0.3 is 0 Å². The Hall–Kier alpha value is -0.890. The first-order valence-electron chi connectivity index (χ1n) is 5.27. The number of nitrogens with two attached hydrogens (primary N) is 1. The van der Waals surface area contributed by atoms with Crippen LogP contribution in [0.2, 0.25) is 5.02 Å². The summed E-state index contributed by atoms with van der Waals surface area (Å²) < 4.78 is 28.5. The lowest BCUT2D eigenvalue weighted by atomic mass is 10.2. The molecule has 0 spiro atoms. The Bertz CT molecular complexity index is 585. The van der Waals surface area contributed by atoms with E-state index < -0.39 is 10.2 Å². The van der Waals surface area contributed by atoms with Gasteiger partial charge in [-0.2, -0.15) is 13.1 Å². The first kappa shape index (κ1) is 13.5. The van der Waals surface area contributed by atoms with Crippen LogP contribution in [0.1, 0.15) is 18.4 Å². The third-order valence-electron chi connectivity index (χ3n) is 2.39. The van der Waals surface area contributed by atoms with E-state index in [1.807, 2.05) is 0 Å². The molecule has 0 radical (unpaired) electrons. The third kappa shape index (κ3) is 3.55. The molecule has 0 aliphatic heterocycles.